The summed E-state index contributed by atoms with van der Waals surface area (Å²) in [6.07, 6.45) is 20.3. The third-order valence-corrected chi connectivity index (χ3v) is 6.03. The van der Waals surface area contributed by atoms with Crippen molar-refractivity contribution in [2.24, 2.45) is 0 Å². The Bertz CT molecular complexity index is 596. The first-order valence-electron chi connectivity index (χ1n) is 12.7. The molecule has 0 saturated heterocycles. The van der Waals surface area contributed by atoms with Gasteiger partial charge in [0.05, 0.1) is 19.8 Å². The van der Waals surface area contributed by atoms with E-state index in [2.05, 4.69) is 31.2 Å². The molecule has 0 heterocycles. The van der Waals surface area contributed by atoms with Crippen molar-refractivity contribution in [2.75, 3.05) is 40.5 Å². The summed E-state index contributed by atoms with van der Waals surface area (Å²) in [5.41, 5.74) is 0. The molecule has 0 saturated carbocycles. The van der Waals surface area contributed by atoms with E-state index < -0.39 is 33.1 Å². The maximum absolute atomic E-state index is 11.9. The molecule has 34 heavy (non-hydrogen) atoms. The van der Waals surface area contributed by atoms with Crippen molar-refractivity contribution in [3.05, 3.63) is 24.3 Å². The number of aliphatic hydroxyl groups is 1. The number of phosphoric acid groups is 1. The molecule has 0 amide bonds. The third kappa shape index (κ3) is 22.8. The summed E-state index contributed by atoms with van der Waals surface area (Å²) in [6, 6.07) is 0. The second-order valence-electron chi connectivity index (χ2n) is 8.68. The first kappa shape index (κ1) is 33.0. The summed E-state index contributed by atoms with van der Waals surface area (Å²) in [4.78, 5) is 23.4. The van der Waals surface area contributed by atoms with Gasteiger partial charge in [0.2, 0.25) is 0 Å². The van der Waals surface area contributed by atoms with Crippen LogP contribution >= 0.6 is 7.82 Å². The van der Waals surface area contributed by atoms with Gasteiger partial charge in [0.25, 0.3) is 0 Å². The normalized spacial score (nSPS) is 14.8. The van der Waals surface area contributed by atoms with E-state index in [1.54, 1.807) is 4.90 Å². The Balaban J connectivity index is 3.75. The van der Waals surface area contributed by atoms with Gasteiger partial charge in [-0.05, 0) is 52.6 Å². The Hall–Kier alpha value is -1.02. The van der Waals surface area contributed by atoms with E-state index in [-0.39, 0.29) is 13.0 Å². The first-order valence-corrected chi connectivity index (χ1v) is 14.2. The number of aliphatic hydroxyl groups excluding tert-OH is 1. The van der Waals surface area contributed by atoms with Crippen LogP contribution in [0.2, 0.25) is 0 Å². The topological polar surface area (TPSA) is 106 Å². The molecule has 200 valence electrons. The summed E-state index contributed by atoms with van der Waals surface area (Å²) in [5.74, 6) is -0.449. The fourth-order valence-corrected chi connectivity index (χ4v) is 3.74. The maximum Gasteiger partial charge on any atom is 0.472 e. The first-order chi connectivity index (χ1) is 16.3. The number of rotatable bonds is 23. The minimum Gasteiger partial charge on any atom is -0.457 e. The van der Waals surface area contributed by atoms with E-state index in [0.717, 1.165) is 38.5 Å². The number of hydrogen-bond acceptors (Lipinski definition) is 7. The van der Waals surface area contributed by atoms with Crippen LogP contribution in [0.4, 0.5) is 0 Å². The molecule has 0 aromatic heterocycles. The number of hydrogen-bond donors (Lipinski definition) is 2. The highest BCUT2D eigenvalue weighted by molar-refractivity contribution is 7.47. The van der Waals surface area contributed by atoms with Gasteiger partial charge in [0.15, 0.2) is 0 Å². The standard InChI is InChI=1S/C25H48NO7P/c1-4-5-6-7-8-9-10-11-12-13-14-15-16-17-18-19-25(28)33-24(22-27)23-32-34(29,30)31-21-20-26(2)3/h8-9,11-12,24,27H,4-7,10,13-23H2,1-3H3,(H,29,30)/b9-8-,12-11-. The van der Waals surface area contributed by atoms with Crippen LogP contribution in [-0.2, 0) is 23.1 Å². The molecule has 0 aromatic carbocycles. The van der Waals surface area contributed by atoms with Crippen molar-refractivity contribution >= 4 is 13.8 Å². The molecule has 0 aromatic rings. The summed E-state index contributed by atoms with van der Waals surface area (Å²) in [6.45, 7) is 1.81. The molecule has 2 atom stereocenters. The summed E-state index contributed by atoms with van der Waals surface area (Å²) < 4.78 is 26.6. The number of ether oxygens (including phenoxy) is 1. The number of allylic oxidation sites excluding steroid dienone is 4. The monoisotopic (exact) mass is 505 g/mol. The van der Waals surface area contributed by atoms with Crippen LogP contribution in [0.1, 0.15) is 84.0 Å². The Morgan fingerprint density at radius 3 is 2.18 bits per heavy atom. The number of likely N-dealkylation sites (N-methyl/N-ethyl adjacent to an activating group) is 1. The van der Waals surface area contributed by atoms with Gasteiger partial charge in [-0.15, -0.1) is 0 Å². The minimum atomic E-state index is -4.25. The Morgan fingerprint density at radius 1 is 0.941 bits per heavy atom. The fourth-order valence-electron chi connectivity index (χ4n) is 3.00. The SMILES string of the molecule is CCCCC/C=C\C/C=C\CCCCCCCC(=O)OC(CO)COP(=O)(O)OCCN(C)C. The van der Waals surface area contributed by atoms with E-state index in [9.17, 15) is 19.4 Å². The van der Waals surface area contributed by atoms with E-state index >= 15 is 0 Å². The van der Waals surface area contributed by atoms with E-state index in [1.165, 1.54) is 25.7 Å². The van der Waals surface area contributed by atoms with Crippen LogP contribution in [0.5, 0.6) is 0 Å². The largest absolute Gasteiger partial charge is 0.472 e. The lowest BCUT2D eigenvalue weighted by molar-refractivity contribution is -0.153. The highest BCUT2D eigenvalue weighted by Gasteiger charge is 2.24. The van der Waals surface area contributed by atoms with Gasteiger partial charge in [0, 0.05) is 13.0 Å². The molecule has 0 aliphatic rings. The van der Waals surface area contributed by atoms with Crippen LogP contribution in [0.3, 0.4) is 0 Å². The summed E-state index contributed by atoms with van der Waals surface area (Å²) in [7, 11) is -0.635. The van der Waals surface area contributed by atoms with Gasteiger partial charge in [-0.1, -0.05) is 63.3 Å². The molecule has 2 unspecified atom stereocenters. The van der Waals surface area contributed by atoms with Crippen LogP contribution in [0, 0.1) is 0 Å². The molecule has 0 spiro atoms. The molecule has 0 fully saturated rings. The molecular formula is C25H48NO7P. The van der Waals surface area contributed by atoms with E-state index in [0.29, 0.717) is 13.0 Å². The van der Waals surface area contributed by atoms with Crippen LogP contribution in [-0.4, -0.2) is 67.4 Å². The quantitative estimate of drug-likeness (QED) is 0.0823. The van der Waals surface area contributed by atoms with Crippen molar-refractivity contribution in [2.45, 2.75) is 90.1 Å². The number of carbonyl (C=O) groups excluding carboxylic acids is 1. The van der Waals surface area contributed by atoms with Gasteiger partial charge in [-0.3, -0.25) is 13.8 Å². The zero-order valence-electron chi connectivity index (χ0n) is 21.5. The second-order valence-corrected chi connectivity index (χ2v) is 10.1. The second kappa shape index (κ2) is 22.4. The molecule has 0 rings (SSSR count). The smallest absolute Gasteiger partial charge is 0.457 e. The molecule has 2 N–H and O–H groups in total. The number of carbonyl (C=O) groups is 1. The Kier molecular flexibility index (Phi) is 21.8. The molecule has 9 heteroatoms. The maximum atomic E-state index is 11.9. The minimum absolute atomic E-state index is 0.0250. The van der Waals surface area contributed by atoms with Crippen LogP contribution in [0.15, 0.2) is 24.3 Å². The molecule has 0 aliphatic heterocycles. The summed E-state index contributed by atoms with van der Waals surface area (Å²) in [5, 5.41) is 9.34. The zero-order valence-corrected chi connectivity index (χ0v) is 22.4. The Morgan fingerprint density at radius 2 is 1.56 bits per heavy atom. The van der Waals surface area contributed by atoms with Gasteiger partial charge in [-0.25, -0.2) is 4.57 Å². The predicted octanol–water partition coefficient (Wildman–Crippen LogP) is 5.40. The molecule has 8 nitrogen and oxygen atoms in total. The highest BCUT2D eigenvalue weighted by atomic mass is 31.2. The van der Waals surface area contributed by atoms with Gasteiger partial charge in [0.1, 0.15) is 6.10 Å². The molecule has 0 aliphatic carbocycles. The van der Waals surface area contributed by atoms with Crippen molar-refractivity contribution in [3.8, 4) is 0 Å². The number of phosphoric ester groups is 1. The van der Waals surface area contributed by atoms with Crippen LogP contribution in [0.25, 0.3) is 0 Å². The van der Waals surface area contributed by atoms with Gasteiger partial charge >= 0.3 is 13.8 Å². The lowest BCUT2D eigenvalue weighted by Gasteiger charge is -2.18. The predicted molar refractivity (Wildman–Crippen MR) is 137 cm³/mol. The van der Waals surface area contributed by atoms with Crippen molar-refractivity contribution < 1.29 is 33.1 Å². The van der Waals surface area contributed by atoms with E-state index in [4.69, 9.17) is 13.8 Å². The highest BCUT2D eigenvalue weighted by Crippen LogP contribution is 2.43. The molecular weight excluding hydrogens is 457 g/mol. The number of unbranched alkanes of at least 4 members (excludes halogenated alkanes) is 8. The van der Waals surface area contributed by atoms with Crippen LogP contribution < -0.4 is 0 Å². The molecule has 0 bridgehead atoms. The van der Waals surface area contributed by atoms with Gasteiger partial charge < -0.3 is 19.6 Å². The average molecular weight is 506 g/mol. The number of nitrogens with zero attached hydrogens (tertiary/aromatic N) is 1. The van der Waals surface area contributed by atoms with Crippen molar-refractivity contribution in [1.29, 1.82) is 0 Å². The van der Waals surface area contributed by atoms with E-state index in [1.807, 2.05) is 14.1 Å². The van der Waals surface area contributed by atoms with Gasteiger partial charge in [-0.2, -0.15) is 0 Å². The zero-order chi connectivity index (χ0) is 25.5. The van der Waals surface area contributed by atoms with Crippen molar-refractivity contribution in [3.63, 3.8) is 0 Å². The lowest BCUT2D eigenvalue weighted by atomic mass is 10.1. The Labute approximate surface area is 207 Å². The fraction of sp³-hybridized carbons (Fsp3) is 0.800. The van der Waals surface area contributed by atoms with Crippen molar-refractivity contribution in [1.82, 2.24) is 4.90 Å². The molecule has 0 radical (unpaired) electrons. The average Bonchev–Trinajstić information content (AvgIpc) is 2.78. The summed E-state index contributed by atoms with van der Waals surface area (Å²) >= 11 is 0. The number of esters is 1. The third-order valence-electron chi connectivity index (χ3n) is 5.05. The lowest BCUT2D eigenvalue weighted by Crippen LogP contribution is -2.27.